The Morgan fingerprint density at radius 3 is 2.86 bits per heavy atom. The number of carbonyl (C=O) groups excluding carboxylic acids is 1. The van der Waals surface area contributed by atoms with Crippen LogP contribution in [-0.4, -0.2) is 53.3 Å². The van der Waals surface area contributed by atoms with Crippen LogP contribution in [-0.2, 0) is 9.53 Å². The quantitative estimate of drug-likeness (QED) is 0.347. The maximum Gasteiger partial charge on any atom is 0.221 e. The monoisotopic (exact) mass is 491 g/mol. The lowest BCUT2D eigenvalue weighted by Gasteiger charge is -2.23. The van der Waals surface area contributed by atoms with Gasteiger partial charge in [0.1, 0.15) is 11.6 Å². The average molecular weight is 492 g/mol. The molecule has 1 amide bonds. The molecule has 0 spiro atoms. The zero-order chi connectivity index (χ0) is 24.2. The lowest BCUT2D eigenvalue weighted by molar-refractivity contribution is -0.114. The molecule has 0 radical (unpaired) electrons. The van der Waals surface area contributed by atoms with Crippen molar-refractivity contribution in [3.63, 3.8) is 0 Å². The SMILES string of the molecule is CC(=O)Nc1cccc(-c2c(Cl)cnc3nc(-c4ccc(OCCC5CNCCO5)cc4)[nH]c23)c1. The van der Waals surface area contributed by atoms with Gasteiger partial charge in [-0.2, -0.15) is 0 Å². The Morgan fingerprint density at radius 1 is 1.23 bits per heavy atom. The molecule has 5 rings (SSSR count). The predicted octanol–water partition coefficient (Wildman–Crippen LogP) is 4.66. The summed E-state index contributed by atoms with van der Waals surface area (Å²) in [5.74, 6) is 1.34. The van der Waals surface area contributed by atoms with Gasteiger partial charge in [-0.1, -0.05) is 23.7 Å². The third kappa shape index (κ3) is 5.45. The van der Waals surface area contributed by atoms with Crippen molar-refractivity contribution in [3.05, 3.63) is 59.8 Å². The van der Waals surface area contributed by atoms with E-state index in [4.69, 9.17) is 21.1 Å². The van der Waals surface area contributed by atoms with Crippen LogP contribution in [0.3, 0.4) is 0 Å². The van der Waals surface area contributed by atoms with Gasteiger partial charge in [0, 0.05) is 49.4 Å². The number of halogens is 1. The Bertz CT molecular complexity index is 1330. The number of carbonyl (C=O) groups is 1. The summed E-state index contributed by atoms with van der Waals surface area (Å²) in [5, 5.41) is 6.63. The Balaban J connectivity index is 1.36. The number of H-pyrrole nitrogens is 1. The van der Waals surface area contributed by atoms with Crippen LogP contribution in [0.15, 0.2) is 54.7 Å². The van der Waals surface area contributed by atoms with E-state index < -0.39 is 0 Å². The highest BCUT2D eigenvalue weighted by Gasteiger charge is 2.16. The number of rotatable bonds is 7. The van der Waals surface area contributed by atoms with Crippen LogP contribution in [0.1, 0.15) is 13.3 Å². The summed E-state index contributed by atoms with van der Waals surface area (Å²) >= 11 is 6.55. The third-order valence-electron chi connectivity index (χ3n) is 5.79. The fraction of sp³-hybridized carbons (Fsp3) is 0.269. The molecule has 3 N–H and O–H groups in total. The normalized spacial score (nSPS) is 15.8. The number of morpholine rings is 1. The highest BCUT2D eigenvalue weighted by Crippen LogP contribution is 2.35. The zero-order valence-electron chi connectivity index (χ0n) is 19.3. The summed E-state index contributed by atoms with van der Waals surface area (Å²) in [6, 6.07) is 15.3. The van der Waals surface area contributed by atoms with E-state index in [-0.39, 0.29) is 12.0 Å². The summed E-state index contributed by atoms with van der Waals surface area (Å²) in [5.41, 5.74) is 4.52. The molecule has 8 nitrogen and oxygen atoms in total. The number of hydrogen-bond donors (Lipinski definition) is 3. The molecular weight excluding hydrogens is 466 g/mol. The molecule has 1 aliphatic heterocycles. The second-order valence-corrected chi connectivity index (χ2v) is 8.79. The minimum absolute atomic E-state index is 0.135. The van der Waals surface area contributed by atoms with E-state index in [0.29, 0.717) is 28.8 Å². The molecule has 2 aromatic heterocycles. The van der Waals surface area contributed by atoms with E-state index >= 15 is 0 Å². The molecule has 4 aromatic rings. The van der Waals surface area contributed by atoms with Crippen molar-refractivity contribution in [2.24, 2.45) is 0 Å². The summed E-state index contributed by atoms with van der Waals surface area (Å²) in [6.07, 6.45) is 2.64. The number of benzene rings is 2. The Morgan fingerprint density at radius 2 is 2.09 bits per heavy atom. The fourth-order valence-corrected chi connectivity index (χ4v) is 4.38. The number of ether oxygens (including phenoxy) is 2. The van der Waals surface area contributed by atoms with Crippen molar-refractivity contribution < 1.29 is 14.3 Å². The van der Waals surface area contributed by atoms with E-state index in [0.717, 1.165) is 54.1 Å². The van der Waals surface area contributed by atoms with Crippen molar-refractivity contribution in [2.45, 2.75) is 19.4 Å². The van der Waals surface area contributed by atoms with Gasteiger partial charge in [-0.3, -0.25) is 4.79 Å². The smallest absolute Gasteiger partial charge is 0.221 e. The minimum atomic E-state index is -0.135. The number of nitrogens with zero attached hydrogens (tertiary/aromatic N) is 2. The third-order valence-corrected chi connectivity index (χ3v) is 6.07. The first kappa shape index (κ1) is 23.3. The summed E-state index contributed by atoms with van der Waals surface area (Å²) in [4.78, 5) is 23.9. The van der Waals surface area contributed by atoms with E-state index in [1.807, 2.05) is 48.5 Å². The van der Waals surface area contributed by atoms with Gasteiger partial charge < -0.3 is 25.1 Å². The maximum absolute atomic E-state index is 11.5. The maximum atomic E-state index is 11.5. The van der Waals surface area contributed by atoms with Gasteiger partial charge >= 0.3 is 0 Å². The molecule has 1 fully saturated rings. The van der Waals surface area contributed by atoms with E-state index in [2.05, 4.69) is 25.6 Å². The molecule has 0 bridgehead atoms. The van der Waals surface area contributed by atoms with Crippen LogP contribution in [0.25, 0.3) is 33.7 Å². The van der Waals surface area contributed by atoms with Crippen molar-refractivity contribution in [3.8, 4) is 28.3 Å². The zero-order valence-corrected chi connectivity index (χ0v) is 20.1. The number of aromatic nitrogens is 3. The number of anilines is 1. The van der Waals surface area contributed by atoms with Crippen LogP contribution < -0.4 is 15.4 Å². The predicted molar refractivity (Wildman–Crippen MR) is 137 cm³/mol. The second kappa shape index (κ2) is 10.4. The van der Waals surface area contributed by atoms with E-state index in [1.165, 1.54) is 6.92 Å². The van der Waals surface area contributed by atoms with Crippen LogP contribution in [0.4, 0.5) is 5.69 Å². The number of amides is 1. The molecular formula is C26H26ClN5O3. The lowest BCUT2D eigenvalue weighted by Crippen LogP contribution is -2.39. The van der Waals surface area contributed by atoms with E-state index in [9.17, 15) is 4.79 Å². The van der Waals surface area contributed by atoms with Gasteiger partial charge in [-0.25, -0.2) is 9.97 Å². The van der Waals surface area contributed by atoms with Crippen LogP contribution in [0, 0.1) is 0 Å². The molecule has 3 heterocycles. The first-order chi connectivity index (χ1) is 17.1. The van der Waals surface area contributed by atoms with Gasteiger partial charge in [0.05, 0.1) is 29.9 Å². The molecule has 180 valence electrons. The second-order valence-electron chi connectivity index (χ2n) is 8.39. The number of fused-ring (bicyclic) bond motifs is 1. The van der Waals surface area contributed by atoms with Crippen LogP contribution >= 0.6 is 11.6 Å². The minimum Gasteiger partial charge on any atom is -0.493 e. The standard InChI is InChI=1S/C26H26ClN5O3/c1-16(33)30-19-4-2-3-18(13-19)23-22(27)15-29-26-24(23)31-25(32-26)17-5-7-20(8-6-17)34-11-9-21-14-28-10-12-35-21/h2-8,13,15,21,28H,9-12,14H2,1H3,(H,30,33)(H,29,31,32). The van der Waals surface area contributed by atoms with E-state index in [1.54, 1.807) is 6.20 Å². The highest BCUT2D eigenvalue weighted by atomic mass is 35.5. The lowest BCUT2D eigenvalue weighted by atomic mass is 10.1. The Labute approximate surface area is 208 Å². The van der Waals surface area contributed by atoms with Crippen molar-refractivity contribution in [1.29, 1.82) is 0 Å². The van der Waals surface area contributed by atoms with Crippen molar-refractivity contribution >= 4 is 34.4 Å². The molecule has 35 heavy (non-hydrogen) atoms. The molecule has 1 saturated heterocycles. The fourth-order valence-electron chi connectivity index (χ4n) is 4.13. The Hall–Kier alpha value is -3.46. The van der Waals surface area contributed by atoms with Gasteiger partial charge in [0.2, 0.25) is 5.91 Å². The topological polar surface area (TPSA) is 101 Å². The van der Waals surface area contributed by atoms with Crippen LogP contribution in [0.2, 0.25) is 5.02 Å². The largest absolute Gasteiger partial charge is 0.493 e. The number of imidazole rings is 1. The molecule has 1 atom stereocenters. The van der Waals surface area contributed by atoms with Gasteiger partial charge in [-0.15, -0.1) is 0 Å². The molecule has 0 aliphatic carbocycles. The summed E-state index contributed by atoms with van der Waals surface area (Å²) in [6.45, 7) is 4.60. The molecule has 9 heteroatoms. The molecule has 0 saturated carbocycles. The molecule has 1 unspecified atom stereocenters. The highest BCUT2D eigenvalue weighted by molar-refractivity contribution is 6.34. The summed E-state index contributed by atoms with van der Waals surface area (Å²) < 4.78 is 11.6. The first-order valence-corrected chi connectivity index (χ1v) is 11.9. The van der Waals surface area contributed by atoms with Gasteiger partial charge in [-0.05, 0) is 42.0 Å². The molecule has 1 aliphatic rings. The van der Waals surface area contributed by atoms with Gasteiger partial charge in [0.25, 0.3) is 0 Å². The number of pyridine rings is 1. The number of nitrogens with one attached hydrogen (secondary N) is 3. The number of aromatic amines is 1. The first-order valence-electron chi connectivity index (χ1n) is 11.5. The van der Waals surface area contributed by atoms with Crippen molar-refractivity contribution in [1.82, 2.24) is 20.3 Å². The van der Waals surface area contributed by atoms with Crippen LogP contribution in [0.5, 0.6) is 5.75 Å². The van der Waals surface area contributed by atoms with Gasteiger partial charge in [0.15, 0.2) is 5.65 Å². The Kier molecular flexibility index (Phi) is 6.94. The summed E-state index contributed by atoms with van der Waals surface area (Å²) in [7, 11) is 0. The number of hydrogen-bond acceptors (Lipinski definition) is 6. The average Bonchev–Trinajstić information content (AvgIpc) is 3.29. The van der Waals surface area contributed by atoms with Crippen molar-refractivity contribution in [2.75, 3.05) is 31.6 Å². The molecule has 2 aromatic carbocycles.